The molecule has 152 valence electrons. The first-order valence-electron chi connectivity index (χ1n) is 9.04. The van der Waals surface area contributed by atoms with Gasteiger partial charge in [0.05, 0.1) is 23.6 Å². The summed E-state index contributed by atoms with van der Waals surface area (Å²) in [6.45, 7) is 2.04. The second-order valence-corrected chi connectivity index (χ2v) is 7.47. The van der Waals surface area contributed by atoms with Gasteiger partial charge < -0.3 is 10.1 Å². The molecule has 2 aromatic heterocycles. The van der Waals surface area contributed by atoms with E-state index in [1.54, 1.807) is 48.9 Å². The van der Waals surface area contributed by atoms with Crippen LogP contribution in [0.4, 0.5) is 5.69 Å². The Morgan fingerprint density at radius 1 is 1.10 bits per heavy atom. The highest BCUT2D eigenvalue weighted by molar-refractivity contribution is 6.31. The predicted octanol–water partition coefficient (Wildman–Crippen LogP) is 4.81. The first-order chi connectivity index (χ1) is 14.5. The number of anilines is 1. The van der Waals surface area contributed by atoms with Crippen LogP contribution in [0.3, 0.4) is 0 Å². The van der Waals surface area contributed by atoms with Crippen molar-refractivity contribution in [1.29, 1.82) is 0 Å². The number of nitrogens with zero attached hydrogens (tertiary/aromatic N) is 4. The molecule has 0 unspecified atom stereocenters. The molecule has 4 aromatic rings. The van der Waals surface area contributed by atoms with Gasteiger partial charge in [0.15, 0.2) is 11.3 Å². The molecule has 30 heavy (non-hydrogen) atoms. The van der Waals surface area contributed by atoms with Gasteiger partial charge in [0, 0.05) is 22.8 Å². The standard InChI is InChI=1S/C21H17Cl2N5O2/c1-12-19(21(29)24-16-8-6-14(22)7-9-16)25-26-20-18(13-4-3-5-15(23)10-13)17(11-30-2)27-28(12)20/h3-10H,11H2,1-2H3,(H,24,29). The van der Waals surface area contributed by atoms with E-state index in [1.807, 2.05) is 18.2 Å². The first kappa shape index (κ1) is 20.3. The van der Waals surface area contributed by atoms with E-state index in [0.29, 0.717) is 32.8 Å². The normalized spacial score (nSPS) is 11.1. The van der Waals surface area contributed by atoms with Gasteiger partial charge in [-0.2, -0.15) is 5.10 Å². The topological polar surface area (TPSA) is 81.4 Å². The van der Waals surface area contributed by atoms with Crippen molar-refractivity contribution in [1.82, 2.24) is 19.8 Å². The van der Waals surface area contributed by atoms with Gasteiger partial charge in [0.25, 0.3) is 5.91 Å². The van der Waals surface area contributed by atoms with Gasteiger partial charge in [-0.05, 0) is 48.9 Å². The largest absolute Gasteiger partial charge is 0.378 e. The van der Waals surface area contributed by atoms with Crippen molar-refractivity contribution < 1.29 is 9.53 Å². The molecule has 0 spiro atoms. The zero-order valence-corrected chi connectivity index (χ0v) is 17.7. The monoisotopic (exact) mass is 441 g/mol. The maximum atomic E-state index is 12.8. The van der Waals surface area contributed by atoms with Gasteiger partial charge in [-0.3, -0.25) is 4.79 Å². The van der Waals surface area contributed by atoms with Crippen LogP contribution in [0.15, 0.2) is 48.5 Å². The molecule has 0 fully saturated rings. The average molecular weight is 442 g/mol. The van der Waals surface area contributed by atoms with Gasteiger partial charge in [0.2, 0.25) is 0 Å². The van der Waals surface area contributed by atoms with Crippen LogP contribution in [0, 0.1) is 6.92 Å². The third-order valence-corrected chi connectivity index (χ3v) is 5.04. The lowest BCUT2D eigenvalue weighted by Crippen LogP contribution is -2.18. The molecular weight excluding hydrogens is 425 g/mol. The lowest BCUT2D eigenvalue weighted by atomic mass is 10.1. The highest BCUT2D eigenvalue weighted by Gasteiger charge is 2.22. The minimum absolute atomic E-state index is 0.168. The Balaban J connectivity index is 1.79. The second kappa shape index (κ2) is 8.39. The molecule has 4 rings (SSSR count). The van der Waals surface area contributed by atoms with Gasteiger partial charge >= 0.3 is 0 Å². The van der Waals surface area contributed by atoms with Crippen molar-refractivity contribution in [2.24, 2.45) is 0 Å². The minimum Gasteiger partial charge on any atom is -0.378 e. The van der Waals surface area contributed by atoms with Crippen molar-refractivity contribution in [3.8, 4) is 11.1 Å². The first-order valence-corrected chi connectivity index (χ1v) is 9.80. The molecule has 0 aliphatic rings. The molecule has 2 aromatic carbocycles. The Hall–Kier alpha value is -3.00. The quantitative estimate of drug-likeness (QED) is 0.480. The number of hydrogen-bond donors (Lipinski definition) is 1. The molecule has 2 heterocycles. The van der Waals surface area contributed by atoms with E-state index < -0.39 is 5.91 Å². The molecule has 0 atom stereocenters. The molecule has 9 heteroatoms. The van der Waals surface area contributed by atoms with E-state index in [-0.39, 0.29) is 12.3 Å². The summed E-state index contributed by atoms with van der Waals surface area (Å²) < 4.78 is 6.91. The minimum atomic E-state index is -0.391. The van der Waals surface area contributed by atoms with Crippen molar-refractivity contribution in [3.05, 3.63) is 75.7 Å². The molecule has 0 aliphatic heterocycles. The van der Waals surface area contributed by atoms with Crippen molar-refractivity contribution in [2.45, 2.75) is 13.5 Å². The third-order valence-electron chi connectivity index (χ3n) is 4.55. The van der Waals surface area contributed by atoms with Crippen LogP contribution in [0.25, 0.3) is 16.8 Å². The Labute approximate surface area is 182 Å². The van der Waals surface area contributed by atoms with E-state index in [0.717, 1.165) is 11.1 Å². The fourth-order valence-electron chi connectivity index (χ4n) is 3.16. The molecule has 1 amide bonds. The lowest BCUT2D eigenvalue weighted by Gasteiger charge is -2.08. The molecule has 0 bridgehead atoms. The summed E-state index contributed by atoms with van der Waals surface area (Å²) in [4.78, 5) is 12.8. The van der Waals surface area contributed by atoms with Gasteiger partial charge in [0.1, 0.15) is 0 Å². The van der Waals surface area contributed by atoms with Crippen LogP contribution in [-0.4, -0.2) is 32.8 Å². The number of carbonyl (C=O) groups excluding carboxylic acids is 1. The molecule has 0 saturated heterocycles. The summed E-state index contributed by atoms with van der Waals surface area (Å²) in [5.41, 5.74) is 4.12. The summed E-state index contributed by atoms with van der Waals surface area (Å²) in [7, 11) is 1.59. The van der Waals surface area contributed by atoms with Gasteiger partial charge in [-0.1, -0.05) is 35.3 Å². The van der Waals surface area contributed by atoms with Crippen LogP contribution in [0.2, 0.25) is 10.0 Å². The molecule has 0 aliphatic carbocycles. The average Bonchev–Trinajstić information content (AvgIpc) is 3.09. The lowest BCUT2D eigenvalue weighted by molar-refractivity contribution is 0.102. The zero-order chi connectivity index (χ0) is 21.3. The summed E-state index contributed by atoms with van der Waals surface area (Å²) in [5.74, 6) is -0.391. The summed E-state index contributed by atoms with van der Waals surface area (Å²) in [6, 6.07) is 14.2. The van der Waals surface area contributed by atoms with E-state index in [9.17, 15) is 4.79 Å². The van der Waals surface area contributed by atoms with E-state index in [2.05, 4.69) is 20.6 Å². The fourth-order valence-corrected chi connectivity index (χ4v) is 3.48. The van der Waals surface area contributed by atoms with Gasteiger partial charge in [-0.15, -0.1) is 10.2 Å². The Morgan fingerprint density at radius 3 is 2.57 bits per heavy atom. The van der Waals surface area contributed by atoms with Crippen molar-refractivity contribution >= 4 is 40.4 Å². The maximum Gasteiger partial charge on any atom is 0.278 e. The van der Waals surface area contributed by atoms with E-state index in [4.69, 9.17) is 27.9 Å². The van der Waals surface area contributed by atoms with Crippen molar-refractivity contribution in [3.63, 3.8) is 0 Å². The zero-order valence-electron chi connectivity index (χ0n) is 16.2. The van der Waals surface area contributed by atoms with Gasteiger partial charge in [-0.25, -0.2) is 4.52 Å². The number of benzene rings is 2. The summed E-state index contributed by atoms with van der Waals surface area (Å²) in [6.07, 6.45) is 0. The highest BCUT2D eigenvalue weighted by Crippen LogP contribution is 2.30. The number of aryl methyl sites for hydroxylation is 1. The number of rotatable bonds is 5. The number of nitrogens with one attached hydrogen (secondary N) is 1. The summed E-state index contributed by atoms with van der Waals surface area (Å²) >= 11 is 12.1. The Kier molecular flexibility index (Phi) is 5.67. The number of methoxy groups -OCH3 is 1. The molecule has 7 nitrogen and oxygen atoms in total. The number of amides is 1. The summed E-state index contributed by atoms with van der Waals surface area (Å²) in [5, 5.41) is 17.1. The number of halogens is 2. The molecule has 1 N–H and O–H groups in total. The van der Waals surface area contributed by atoms with Crippen LogP contribution >= 0.6 is 23.2 Å². The van der Waals surface area contributed by atoms with Crippen LogP contribution < -0.4 is 5.32 Å². The van der Waals surface area contributed by atoms with Crippen LogP contribution in [0.1, 0.15) is 21.9 Å². The smallest absolute Gasteiger partial charge is 0.278 e. The van der Waals surface area contributed by atoms with Crippen LogP contribution in [0.5, 0.6) is 0 Å². The number of fused-ring (bicyclic) bond motifs is 1. The molecule has 0 saturated carbocycles. The predicted molar refractivity (Wildman–Crippen MR) is 116 cm³/mol. The third kappa shape index (κ3) is 3.87. The maximum absolute atomic E-state index is 12.8. The Bertz CT molecular complexity index is 1240. The number of ether oxygens (including phenoxy) is 1. The number of carbonyl (C=O) groups is 1. The van der Waals surface area contributed by atoms with Crippen molar-refractivity contribution in [2.75, 3.05) is 12.4 Å². The van der Waals surface area contributed by atoms with E-state index >= 15 is 0 Å². The number of hydrogen-bond acceptors (Lipinski definition) is 5. The highest BCUT2D eigenvalue weighted by atomic mass is 35.5. The van der Waals surface area contributed by atoms with Crippen LogP contribution in [-0.2, 0) is 11.3 Å². The Morgan fingerprint density at radius 2 is 1.87 bits per heavy atom. The molecule has 0 radical (unpaired) electrons. The number of aromatic nitrogens is 4. The molecular formula is C21H17Cl2N5O2. The fraction of sp³-hybridized carbons (Fsp3) is 0.143. The van der Waals surface area contributed by atoms with E-state index in [1.165, 1.54) is 0 Å². The SMILES string of the molecule is COCc1nn2c(C)c(C(=O)Nc3ccc(Cl)cc3)nnc2c1-c1cccc(Cl)c1. The second-order valence-electron chi connectivity index (χ2n) is 6.60.